The van der Waals surface area contributed by atoms with Crippen molar-refractivity contribution < 1.29 is 27.5 Å². The second-order valence-corrected chi connectivity index (χ2v) is 7.18. The first-order valence-electron chi connectivity index (χ1n) is 9.15. The SMILES string of the molecule is Cc1cc(C)cc(OCC(=O)Nc2ccc(NC(=O)C3CC3)cc2C(F)(F)F)c1. The molecule has 0 radical (unpaired) electrons. The lowest BCUT2D eigenvalue weighted by Gasteiger charge is -2.16. The van der Waals surface area contributed by atoms with E-state index in [1.165, 1.54) is 6.07 Å². The lowest BCUT2D eigenvalue weighted by Crippen LogP contribution is -2.23. The van der Waals surface area contributed by atoms with Crippen molar-refractivity contribution >= 4 is 23.2 Å². The van der Waals surface area contributed by atoms with Crippen LogP contribution in [0.2, 0.25) is 0 Å². The molecule has 0 heterocycles. The van der Waals surface area contributed by atoms with Crippen molar-refractivity contribution in [2.45, 2.75) is 32.9 Å². The summed E-state index contributed by atoms with van der Waals surface area (Å²) in [6, 6.07) is 8.68. The highest BCUT2D eigenvalue weighted by molar-refractivity contribution is 5.96. The third-order valence-corrected chi connectivity index (χ3v) is 4.38. The van der Waals surface area contributed by atoms with Crippen LogP contribution in [0, 0.1) is 19.8 Å². The number of amides is 2. The van der Waals surface area contributed by atoms with Gasteiger partial charge in [-0.1, -0.05) is 6.07 Å². The van der Waals surface area contributed by atoms with Crippen LogP contribution >= 0.6 is 0 Å². The summed E-state index contributed by atoms with van der Waals surface area (Å²) in [4.78, 5) is 23.9. The number of nitrogens with one attached hydrogen (secondary N) is 2. The second-order valence-electron chi connectivity index (χ2n) is 7.18. The van der Waals surface area contributed by atoms with Gasteiger partial charge in [0.05, 0.1) is 11.3 Å². The Morgan fingerprint density at radius 1 is 1.03 bits per heavy atom. The van der Waals surface area contributed by atoms with E-state index in [1.54, 1.807) is 12.1 Å². The number of hydrogen-bond donors (Lipinski definition) is 2. The molecular weight excluding hydrogens is 385 g/mol. The van der Waals surface area contributed by atoms with Gasteiger partial charge in [0.15, 0.2) is 6.61 Å². The first kappa shape index (κ1) is 20.7. The van der Waals surface area contributed by atoms with Gasteiger partial charge in [-0.3, -0.25) is 9.59 Å². The Balaban J connectivity index is 1.69. The number of aryl methyl sites for hydroxylation is 2. The van der Waals surface area contributed by atoms with Gasteiger partial charge in [-0.15, -0.1) is 0 Å². The molecule has 5 nitrogen and oxygen atoms in total. The van der Waals surface area contributed by atoms with E-state index in [2.05, 4.69) is 10.6 Å². The van der Waals surface area contributed by atoms with Crippen molar-refractivity contribution in [3.63, 3.8) is 0 Å². The molecule has 0 saturated heterocycles. The number of rotatable bonds is 6. The van der Waals surface area contributed by atoms with Crippen molar-refractivity contribution in [1.29, 1.82) is 0 Å². The van der Waals surface area contributed by atoms with Crippen molar-refractivity contribution in [3.05, 3.63) is 53.1 Å². The minimum atomic E-state index is -4.70. The summed E-state index contributed by atoms with van der Waals surface area (Å²) in [5.74, 6) is -0.681. The Hall–Kier alpha value is -3.03. The van der Waals surface area contributed by atoms with Crippen LogP contribution in [-0.4, -0.2) is 18.4 Å². The first-order valence-corrected chi connectivity index (χ1v) is 9.15. The number of hydrogen-bond acceptors (Lipinski definition) is 3. The maximum Gasteiger partial charge on any atom is 0.418 e. The Labute approximate surface area is 166 Å². The van der Waals surface area contributed by atoms with E-state index in [0.29, 0.717) is 5.75 Å². The fourth-order valence-corrected chi connectivity index (χ4v) is 2.91. The maximum absolute atomic E-state index is 13.4. The predicted molar refractivity (Wildman–Crippen MR) is 103 cm³/mol. The van der Waals surface area contributed by atoms with Gasteiger partial charge in [0.2, 0.25) is 5.91 Å². The van der Waals surface area contributed by atoms with E-state index in [9.17, 15) is 22.8 Å². The largest absolute Gasteiger partial charge is 0.484 e. The zero-order valence-electron chi connectivity index (χ0n) is 16.0. The molecule has 1 saturated carbocycles. The van der Waals surface area contributed by atoms with Crippen LogP contribution in [0.1, 0.15) is 29.5 Å². The number of halogens is 3. The van der Waals surface area contributed by atoms with Crippen LogP contribution in [0.4, 0.5) is 24.5 Å². The molecule has 3 rings (SSSR count). The summed E-state index contributed by atoms with van der Waals surface area (Å²) in [6.07, 6.45) is -3.21. The molecule has 154 valence electrons. The summed E-state index contributed by atoms with van der Waals surface area (Å²) in [7, 11) is 0. The van der Waals surface area contributed by atoms with E-state index < -0.39 is 29.9 Å². The fourth-order valence-electron chi connectivity index (χ4n) is 2.91. The third-order valence-electron chi connectivity index (χ3n) is 4.38. The van der Waals surface area contributed by atoms with Crippen molar-refractivity contribution in [2.75, 3.05) is 17.2 Å². The van der Waals surface area contributed by atoms with Gasteiger partial charge in [0, 0.05) is 11.6 Å². The Morgan fingerprint density at radius 3 is 2.28 bits per heavy atom. The van der Waals surface area contributed by atoms with Gasteiger partial charge in [0.25, 0.3) is 5.91 Å². The number of benzene rings is 2. The Morgan fingerprint density at radius 2 is 1.69 bits per heavy atom. The maximum atomic E-state index is 13.4. The van der Waals surface area contributed by atoms with Crippen molar-refractivity contribution in [2.24, 2.45) is 5.92 Å². The topological polar surface area (TPSA) is 67.4 Å². The molecule has 0 aliphatic heterocycles. The molecule has 0 atom stereocenters. The standard InChI is InChI=1S/C21H21F3N2O3/c1-12-7-13(2)9-16(8-12)29-11-19(27)26-18-6-5-15(10-17(18)21(22,23)24)25-20(28)14-3-4-14/h5-10,14H,3-4,11H2,1-2H3,(H,25,28)(H,26,27). The fraction of sp³-hybridized carbons (Fsp3) is 0.333. The van der Waals surface area contributed by atoms with Crippen molar-refractivity contribution in [1.82, 2.24) is 0 Å². The lowest BCUT2D eigenvalue weighted by molar-refractivity contribution is -0.137. The monoisotopic (exact) mass is 406 g/mol. The lowest BCUT2D eigenvalue weighted by atomic mass is 10.1. The highest BCUT2D eigenvalue weighted by Gasteiger charge is 2.35. The minimum Gasteiger partial charge on any atom is -0.484 e. The summed E-state index contributed by atoms with van der Waals surface area (Å²) in [5.41, 5.74) is 0.507. The van der Waals surface area contributed by atoms with E-state index in [4.69, 9.17) is 4.74 Å². The third kappa shape index (κ3) is 5.73. The smallest absolute Gasteiger partial charge is 0.418 e. The normalized spacial score (nSPS) is 13.7. The van der Waals surface area contributed by atoms with Gasteiger partial charge in [-0.2, -0.15) is 13.2 Å². The molecule has 2 aromatic rings. The number of alkyl halides is 3. The molecule has 0 spiro atoms. The quantitative estimate of drug-likeness (QED) is 0.732. The van der Waals surface area contributed by atoms with Gasteiger partial charge < -0.3 is 15.4 Å². The van der Waals surface area contributed by atoms with E-state index >= 15 is 0 Å². The van der Waals surface area contributed by atoms with Crippen LogP contribution in [-0.2, 0) is 15.8 Å². The molecule has 0 unspecified atom stereocenters. The molecule has 2 amide bonds. The zero-order valence-corrected chi connectivity index (χ0v) is 16.0. The highest BCUT2D eigenvalue weighted by atomic mass is 19.4. The van der Waals surface area contributed by atoms with Gasteiger partial charge in [-0.25, -0.2) is 0 Å². The average molecular weight is 406 g/mol. The van der Waals surface area contributed by atoms with Crippen molar-refractivity contribution in [3.8, 4) is 5.75 Å². The van der Waals surface area contributed by atoms with E-state index in [1.807, 2.05) is 19.9 Å². The van der Waals surface area contributed by atoms with Crippen LogP contribution < -0.4 is 15.4 Å². The molecule has 0 aromatic heterocycles. The van der Waals surface area contributed by atoms with Crippen LogP contribution in [0.15, 0.2) is 36.4 Å². The predicted octanol–water partition coefficient (Wildman–Crippen LogP) is 4.69. The summed E-state index contributed by atoms with van der Waals surface area (Å²) in [5, 5.41) is 4.71. The molecule has 1 aliphatic rings. The zero-order chi connectivity index (χ0) is 21.2. The number of anilines is 2. The molecule has 2 N–H and O–H groups in total. The number of carbonyl (C=O) groups is 2. The van der Waals surface area contributed by atoms with Crippen LogP contribution in [0.25, 0.3) is 0 Å². The van der Waals surface area contributed by atoms with Crippen LogP contribution in [0.5, 0.6) is 5.75 Å². The van der Waals surface area contributed by atoms with E-state index in [0.717, 1.165) is 36.1 Å². The van der Waals surface area contributed by atoms with Gasteiger partial charge in [0.1, 0.15) is 5.75 Å². The molecular formula is C21H21F3N2O3. The highest BCUT2D eigenvalue weighted by Crippen LogP contribution is 2.37. The second kappa shape index (κ2) is 8.14. The number of carbonyl (C=O) groups excluding carboxylic acids is 2. The van der Waals surface area contributed by atoms with Gasteiger partial charge >= 0.3 is 6.18 Å². The van der Waals surface area contributed by atoms with E-state index in [-0.39, 0.29) is 17.5 Å². The number of ether oxygens (including phenoxy) is 1. The summed E-state index contributed by atoms with van der Waals surface area (Å²) >= 11 is 0. The molecule has 0 bridgehead atoms. The van der Waals surface area contributed by atoms with Crippen LogP contribution in [0.3, 0.4) is 0 Å². The average Bonchev–Trinajstić information content (AvgIpc) is 3.45. The molecule has 2 aromatic carbocycles. The molecule has 29 heavy (non-hydrogen) atoms. The summed E-state index contributed by atoms with van der Waals surface area (Å²) in [6.45, 7) is 3.32. The van der Waals surface area contributed by atoms with Gasteiger partial charge in [-0.05, 0) is 68.1 Å². The first-order chi connectivity index (χ1) is 13.6. The molecule has 1 aliphatic carbocycles. The molecule has 1 fully saturated rings. The summed E-state index contributed by atoms with van der Waals surface area (Å²) < 4.78 is 45.7. The Bertz CT molecular complexity index is 917. The minimum absolute atomic E-state index is 0.0405. The Kier molecular flexibility index (Phi) is 5.81. The molecule has 8 heteroatoms.